The lowest BCUT2D eigenvalue weighted by molar-refractivity contribution is -0.119. The van der Waals surface area contributed by atoms with Crippen molar-refractivity contribution in [1.29, 1.82) is 0 Å². The van der Waals surface area contributed by atoms with Crippen LogP contribution in [0.2, 0.25) is 0 Å². The van der Waals surface area contributed by atoms with Crippen molar-refractivity contribution in [2.24, 2.45) is 0 Å². The lowest BCUT2D eigenvalue weighted by atomic mass is 9.95. The maximum absolute atomic E-state index is 14.3. The standard InChI is InChI=1S/C23H24FN5OS/c24-18-11-5-4-8-16(18)14-28-19-12-6-7-13-20(19)29-22(28)26-27-23(29)31-15-21(30)25-17-9-2-1-3-10-17/h4-8,11-13,17H,1-3,9-10,14-15H2,(H,25,30). The van der Waals surface area contributed by atoms with Gasteiger partial charge < -0.3 is 9.88 Å². The predicted molar refractivity (Wildman–Crippen MR) is 120 cm³/mol. The molecule has 5 rings (SSSR count). The van der Waals surface area contributed by atoms with E-state index in [2.05, 4.69) is 15.5 Å². The van der Waals surface area contributed by atoms with Crippen molar-refractivity contribution < 1.29 is 9.18 Å². The number of nitrogens with one attached hydrogen (secondary N) is 1. The van der Waals surface area contributed by atoms with Crippen molar-refractivity contribution in [3.8, 4) is 0 Å². The number of thioether (sulfide) groups is 1. The highest BCUT2D eigenvalue weighted by molar-refractivity contribution is 7.99. The average molecular weight is 438 g/mol. The van der Waals surface area contributed by atoms with E-state index in [9.17, 15) is 9.18 Å². The monoisotopic (exact) mass is 437 g/mol. The first-order valence-corrected chi connectivity index (χ1v) is 11.7. The Morgan fingerprint density at radius 1 is 1.03 bits per heavy atom. The number of amides is 1. The average Bonchev–Trinajstić information content (AvgIpc) is 3.34. The lowest BCUT2D eigenvalue weighted by Crippen LogP contribution is -2.37. The maximum Gasteiger partial charge on any atom is 0.237 e. The number of imidazole rings is 1. The van der Waals surface area contributed by atoms with E-state index in [-0.39, 0.29) is 11.7 Å². The molecule has 160 valence electrons. The van der Waals surface area contributed by atoms with Crippen LogP contribution in [0.5, 0.6) is 0 Å². The Morgan fingerprint density at radius 2 is 1.77 bits per heavy atom. The topological polar surface area (TPSA) is 64.2 Å². The van der Waals surface area contributed by atoms with Gasteiger partial charge in [-0.25, -0.2) is 4.39 Å². The van der Waals surface area contributed by atoms with Crippen LogP contribution in [0.15, 0.2) is 53.7 Å². The van der Waals surface area contributed by atoms with Crippen LogP contribution in [0.3, 0.4) is 0 Å². The Labute approximate surface area is 183 Å². The van der Waals surface area contributed by atoms with Crippen LogP contribution >= 0.6 is 11.8 Å². The fraction of sp³-hybridized carbons (Fsp3) is 0.348. The SMILES string of the molecule is O=C(CSc1nnc2n(Cc3ccccc3F)c3ccccc3n12)NC1CCCCC1. The molecule has 6 nitrogen and oxygen atoms in total. The molecule has 4 aromatic rings. The number of fused-ring (bicyclic) bond motifs is 3. The molecule has 1 fully saturated rings. The molecular weight excluding hydrogens is 413 g/mol. The zero-order valence-corrected chi connectivity index (χ0v) is 17.9. The van der Waals surface area contributed by atoms with Gasteiger partial charge in [-0.15, -0.1) is 10.2 Å². The van der Waals surface area contributed by atoms with E-state index in [1.54, 1.807) is 12.1 Å². The van der Waals surface area contributed by atoms with Gasteiger partial charge in [0.25, 0.3) is 0 Å². The van der Waals surface area contributed by atoms with Crippen molar-refractivity contribution in [3.63, 3.8) is 0 Å². The number of rotatable bonds is 6. The number of hydrogen-bond acceptors (Lipinski definition) is 4. The number of para-hydroxylation sites is 2. The number of nitrogens with zero attached hydrogens (tertiary/aromatic N) is 4. The van der Waals surface area contributed by atoms with Gasteiger partial charge in [0.1, 0.15) is 5.82 Å². The van der Waals surface area contributed by atoms with Crippen molar-refractivity contribution >= 4 is 34.5 Å². The maximum atomic E-state index is 14.3. The van der Waals surface area contributed by atoms with Gasteiger partial charge in [-0.3, -0.25) is 9.20 Å². The molecule has 1 aliphatic rings. The summed E-state index contributed by atoms with van der Waals surface area (Å²) in [5, 5.41) is 12.5. The van der Waals surface area contributed by atoms with Crippen molar-refractivity contribution in [3.05, 3.63) is 59.9 Å². The molecule has 2 aromatic heterocycles. The molecular formula is C23H24FN5OS. The Morgan fingerprint density at radius 3 is 2.58 bits per heavy atom. The summed E-state index contributed by atoms with van der Waals surface area (Å²) in [6.45, 7) is 0.356. The van der Waals surface area contributed by atoms with E-state index < -0.39 is 0 Å². The summed E-state index contributed by atoms with van der Waals surface area (Å²) in [7, 11) is 0. The van der Waals surface area contributed by atoms with E-state index in [0.717, 1.165) is 23.9 Å². The number of aromatic nitrogens is 4. The number of carbonyl (C=O) groups excluding carboxylic acids is 1. The molecule has 31 heavy (non-hydrogen) atoms. The van der Waals surface area contributed by atoms with Gasteiger partial charge in [-0.05, 0) is 31.0 Å². The summed E-state index contributed by atoms with van der Waals surface area (Å²) in [5.41, 5.74) is 2.48. The molecule has 0 saturated heterocycles. The summed E-state index contributed by atoms with van der Waals surface area (Å²) < 4.78 is 18.2. The molecule has 0 atom stereocenters. The van der Waals surface area contributed by atoms with Gasteiger partial charge >= 0.3 is 0 Å². The first-order chi connectivity index (χ1) is 15.2. The van der Waals surface area contributed by atoms with Gasteiger partial charge in [-0.1, -0.05) is 61.4 Å². The summed E-state index contributed by atoms with van der Waals surface area (Å²) in [6.07, 6.45) is 5.76. The van der Waals surface area contributed by atoms with Gasteiger partial charge in [0.15, 0.2) is 5.16 Å². The Kier molecular flexibility index (Phi) is 5.63. The zero-order valence-electron chi connectivity index (χ0n) is 17.1. The van der Waals surface area contributed by atoms with E-state index in [0.29, 0.717) is 34.8 Å². The van der Waals surface area contributed by atoms with E-state index >= 15 is 0 Å². The molecule has 0 bridgehead atoms. The smallest absolute Gasteiger partial charge is 0.237 e. The number of carbonyl (C=O) groups is 1. The summed E-state index contributed by atoms with van der Waals surface area (Å²) >= 11 is 1.38. The minimum atomic E-state index is -0.244. The fourth-order valence-electron chi connectivity index (χ4n) is 4.33. The first kappa shape index (κ1) is 20.1. The van der Waals surface area contributed by atoms with Gasteiger partial charge in [0.05, 0.1) is 23.3 Å². The number of benzene rings is 2. The molecule has 0 spiro atoms. The molecule has 1 saturated carbocycles. The molecule has 1 aliphatic carbocycles. The molecule has 2 aromatic carbocycles. The molecule has 0 radical (unpaired) electrons. The molecule has 0 aliphatic heterocycles. The Hall–Kier alpha value is -2.87. The summed E-state index contributed by atoms with van der Waals surface area (Å²) in [4.78, 5) is 12.5. The highest BCUT2D eigenvalue weighted by Gasteiger charge is 2.20. The number of hydrogen-bond donors (Lipinski definition) is 1. The lowest BCUT2D eigenvalue weighted by Gasteiger charge is -2.22. The van der Waals surface area contributed by atoms with Gasteiger partial charge in [-0.2, -0.15) is 0 Å². The summed E-state index contributed by atoms with van der Waals surface area (Å²) in [6, 6.07) is 15.0. The van der Waals surface area contributed by atoms with Crippen LogP contribution in [-0.2, 0) is 11.3 Å². The van der Waals surface area contributed by atoms with Crippen LogP contribution < -0.4 is 5.32 Å². The van der Waals surface area contributed by atoms with Crippen LogP contribution in [0, 0.1) is 5.82 Å². The predicted octanol–water partition coefficient (Wildman–Crippen LogP) is 4.41. The molecule has 1 N–H and O–H groups in total. The molecule has 8 heteroatoms. The van der Waals surface area contributed by atoms with Gasteiger partial charge in [0, 0.05) is 11.6 Å². The second-order valence-electron chi connectivity index (χ2n) is 7.98. The molecule has 0 unspecified atom stereocenters. The Balaban J connectivity index is 1.41. The molecule has 2 heterocycles. The molecule has 1 amide bonds. The largest absolute Gasteiger partial charge is 0.353 e. The van der Waals surface area contributed by atoms with Crippen LogP contribution in [-0.4, -0.2) is 36.9 Å². The zero-order chi connectivity index (χ0) is 21.2. The van der Waals surface area contributed by atoms with Crippen LogP contribution in [0.1, 0.15) is 37.7 Å². The van der Waals surface area contributed by atoms with Crippen LogP contribution in [0.4, 0.5) is 4.39 Å². The highest BCUT2D eigenvalue weighted by Crippen LogP contribution is 2.27. The first-order valence-electron chi connectivity index (χ1n) is 10.7. The van der Waals surface area contributed by atoms with E-state index in [4.69, 9.17) is 0 Å². The third-order valence-corrected chi connectivity index (χ3v) is 6.79. The number of halogens is 1. The summed E-state index contributed by atoms with van der Waals surface area (Å²) in [5.74, 6) is 0.722. The minimum absolute atomic E-state index is 0.0312. The van der Waals surface area contributed by atoms with Crippen molar-refractivity contribution in [2.75, 3.05) is 5.75 Å². The highest BCUT2D eigenvalue weighted by atomic mass is 32.2. The van der Waals surface area contributed by atoms with E-state index in [1.165, 1.54) is 37.1 Å². The normalized spacial score (nSPS) is 15.0. The quantitative estimate of drug-likeness (QED) is 0.454. The second kappa shape index (κ2) is 8.70. The third-order valence-electron chi connectivity index (χ3n) is 5.86. The Bertz CT molecular complexity index is 1230. The fourth-order valence-corrected chi connectivity index (χ4v) is 5.08. The van der Waals surface area contributed by atoms with Crippen molar-refractivity contribution in [2.45, 2.75) is 49.8 Å². The van der Waals surface area contributed by atoms with Crippen LogP contribution in [0.25, 0.3) is 16.8 Å². The van der Waals surface area contributed by atoms with E-state index in [1.807, 2.05) is 39.3 Å². The van der Waals surface area contributed by atoms with Gasteiger partial charge in [0.2, 0.25) is 11.7 Å². The second-order valence-corrected chi connectivity index (χ2v) is 8.92. The third kappa shape index (κ3) is 4.04. The minimum Gasteiger partial charge on any atom is -0.353 e. The van der Waals surface area contributed by atoms with Crippen molar-refractivity contribution in [1.82, 2.24) is 24.5 Å².